The predicted molar refractivity (Wildman–Crippen MR) is 61.2 cm³/mol. The molecule has 1 N–H and O–H groups in total. The summed E-state index contributed by atoms with van der Waals surface area (Å²) < 4.78 is 26.6. The van der Waals surface area contributed by atoms with Crippen LogP contribution in [-0.4, -0.2) is 53.8 Å². The number of nitrogens with zero attached hydrogens (tertiary/aromatic N) is 2. The summed E-state index contributed by atoms with van der Waals surface area (Å²) in [6, 6.07) is 0. The van der Waals surface area contributed by atoms with Crippen LogP contribution in [0.3, 0.4) is 0 Å². The molecule has 0 aromatic heterocycles. The van der Waals surface area contributed by atoms with Crippen molar-refractivity contribution in [1.82, 2.24) is 8.61 Å². The number of aliphatic hydroxyl groups excluding tert-OH is 1. The van der Waals surface area contributed by atoms with Crippen molar-refractivity contribution in [3.8, 4) is 0 Å². The van der Waals surface area contributed by atoms with Crippen molar-refractivity contribution in [2.24, 2.45) is 5.92 Å². The molecule has 0 aromatic carbocycles. The van der Waals surface area contributed by atoms with Gasteiger partial charge < -0.3 is 5.11 Å². The van der Waals surface area contributed by atoms with Gasteiger partial charge in [0.25, 0.3) is 0 Å². The van der Waals surface area contributed by atoms with Crippen molar-refractivity contribution in [2.45, 2.75) is 32.3 Å². The molecule has 2 fully saturated rings. The third-order valence-corrected chi connectivity index (χ3v) is 5.30. The van der Waals surface area contributed by atoms with Gasteiger partial charge in [-0.25, -0.2) is 4.31 Å². The smallest absolute Gasteiger partial charge is 0.306 e. The van der Waals surface area contributed by atoms with Crippen LogP contribution in [0.2, 0.25) is 0 Å². The first-order chi connectivity index (χ1) is 7.93. The molecule has 0 radical (unpaired) electrons. The van der Waals surface area contributed by atoms with E-state index in [9.17, 15) is 18.3 Å². The number of hydrogen-bond acceptors (Lipinski definition) is 4. The van der Waals surface area contributed by atoms with Gasteiger partial charge in [0, 0.05) is 25.6 Å². The minimum atomic E-state index is -3.72. The number of carbonyl (C=O) groups is 1. The summed E-state index contributed by atoms with van der Waals surface area (Å²) in [5.41, 5.74) is 0. The Hall–Kier alpha value is -0.660. The third kappa shape index (κ3) is 2.31. The Kier molecular flexibility index (Phi) is 3.42. The van der Waals surface area contributed by atoms with Gasteiger partial charge in [-0.05, 0) is 19.3 Å². The van der Waals surface area contributed by atoms with Crippen molar-refractivity contribution >= 4 is 16.1 Å². The number of piperidine rings is 1. The van der Waals surface area contributed by atoms with E-state index in [1.54, 1.807) is 6.92 Å². The fraction of sp³-hybridized carbons (Fsp3) is 0.900. The normalized spacial score (nSPS) is 32.1. The van der Waals surface area contributed by atoms with E-state index in [0.717, 1.165) is 10.7 Å². The Balaban J connectivity index is 2.17. The molecule has 17 heavy (non-hydrogen) atoms. The maximum atomic E-state index is 12.2. The first kappa shape index (κ1) is 12.8. The molecule has 0 saturated carbocycles. The van der Waals surface area contributed by atoms with E-state index in [0.29, 0.717) is 19.4 Å². The van der Waals surface area contributed by atoms with E-state index >= 15 is 0 Å². The average Bonchev–Trinajstić information content (AvgIpc) is 2.69. The second-order valence-corrected chi connectivity index (χ2v) is 6.61. The number of carbonyl (C=O) groups excluding carboxylic acids is 1. The maximum Gasteiger partial charge on any atom is 0.306 e. The topological polar surface area (TPSA) is 77.9 Å². The van der Waals surface area contributed by atoms with Crippen molar-refractivity contribution < 1.29 is 18.3 Å². The van der Waals surface area contributed by atoms with Gasteiger partial charge in [0.05, 0.1) is 6.10 Å². The largest absolute Gasteiger partial charge is 0.392 e. The minimum Gasteiger partial charge on any atom is -0.392 e. The maximum absolute atomic E-state index is 12.2. The molecule has 0 aromatic rings. The zero-order valence-corrected chi connectivity index (χ0v) is 10.7. The number of rotatable bonds is 2. The Morgan fingerprint density at radius 3 is 2.59 bits per heavy atom. The predicted octanol–water partition coefficient (Wildman–Crippen LogP) is -0.444. The van der Waals surface area contributed by atoms with Crippen LogP contribution in [0.1, 0.15) is 26.2 Å². The van der Waals surface area contributed by atoms with Gasteiger partial charge in [-0.15, -0.1) is 0 Å². The summed E-state index contributed by atoms with van der Waals surface area (Å²) in [5.74, 6) is -0.552. The van der Waals surface area contributed by atoms with Gasteiger partial charge in [-0.1, -0.05) is 6.92 Å². The first-order valence-corrected chi connectivity index (χ1v) is 7.32. The number of aliphatic hydroxyl groups is 1. The molecule has 2 heterocycles. The molecule has 2 atom stereocenters. The van der Waals surface area contributed by atoms with Crippen LogP contribution in [-0.2, 0) is 15.0 Å². The van der Waals surface area contributed by atoms with E-state index in [4.69, 9.17) is 0 Å². The van der Waals surface area contributed by atoms with Gasteiger partial charge >= 0.3 is 10.2 Å². The van der Waals surface area contributed by atoms with Crippen molar-refractivity contribution in [3.63, 3.8) is 0 Å². The summed E-state index contributed by atoms with van der Waals surface area (Å²) in [7, 11) is -3.72. The quantitative estimate of drug-likeness (QED) is 0.731. The summed E-state index contributed by atoms with van der Waals surface area (Å²) in [6.07, 6.45) is 1.29. The van der Waals surface area contributed by atoms with Gasteiger partial charge in [0.1, 0.15) is 0 Å². The monoisotopic (exact) mass is 262 g/mol. The molecule has 1 amide bonds. The highest BCUT2D eigenvalue weighted by Crippen LogP contribution is 2.24. The zero-order valence-electron chi connectivity index (χ0n) is 9.87. The highest BCUT2D eigenvalue weighted by atomic mass is 32.2. The highest BCUT2D eigenvalue weighted by Gasteiger charge is 2.40. The van der Waals surface area contributed by atoms with Crippen molar-refractivity contribution in [2.75, 3.05) is 19.6 Å². The van der Waals surface area contributed by atoms with E-state index < -0.39 is 16.3 Å². The second-order valence-electron chi connectivity index (χ2n) is 4.76. The minimum absolute atomic E-state index is 0.0977. The molecule has 6 nitrogen and oxygen atoms in total. The number of hydrogen-bond donors (Lipinski definition) is 1. The van der Waals surface area contributed by atoms with Crippen LogP contribution in [0.25, 0.3) is 0 Å². The molecule has 2 aliphatic rings. The molecule has 2 unspecified atom stereocenters. The van der Waals surface area contributed by atoms with E-state index in [1.807, 2.05) is 0 Å². The lowest BCUT2D eigenvalue weighted by atomic mass is 10.0. The van der Waals surface area contributed by atoms with Gasteiger partial charge in [0.2, 0.25) is 5.91 Å². The van der Waals surface area contributed by atoms with E-state index in [-0.39, 0.29) is 24.9 Å². The first-order valence-electron chi connectivity index (χ1n) is 5.92. The van der Waals surface area contributed by atoms with Crippen LogP contribution in [0.15, 0.2) is 0 Å². The van der Waals surface area contributed by atoms with Crippen LogP contribution in [0.5, 0.6) is 0 Å². The van der Waals surface area contributed by atoms with Crippen LogP contribution in [0.4, 0.5) is 0 Å². The Morgan fingerprint density at radius 2 is 2.00 bits per heavy atom. The molecule has 2 rings (SSSR count). The summed E-state index contributed by atoms with van der Waals surface area (Å²) in [4.78, 5) is 11.9. The second kappa shape index (κ2) is 4.55. The summed E-state index contributed by atoms with van der Waals surface area (Å²) in [6.45, 7) is 2.41. The number of β-amino-alcohol motifs (C(OH)–C–C–N with tert-alkyl or cyclic N) is 1. The molecule has 2 saturated heterocycles. The molecule has 0 spiro atoms. The standard InChI is InChI=1S/C10H18N2O4S/c1-8-3-2-5-12(10(8)14)17(15,16)11-6-4-9(13)7-11/h8-9,13H,2-7H2,1H3. The van der Waals surface area contributed by atoms with Gasteiger partial charge in [-0.3, -0.25) is 4.79 Å². The lowest BCUT2D eigenvalue weighted by Crippen LogP contribution is -2.50. The van der Waals surface area contributed by atoms with Crippen LogP contribution < -0.4 is 0 Å². The fourth-order valence-electron chi connectivity index (χ4n) is 2.31. The fourth-order valence-corrected chi connectivity index (χ4v) is 4.05. The molecule has 98 valence electrons. The van der Waals surface area contributed by atoms with Gasteiger partial charge in [0.15, 0.2) is 0 Å². The van der Waals surface area contributed by atoms with Crippen molar-refractivity contribution in [3.05, 3.63) is 0 Å². The van der Waals surface area contributed by atoms with Crippen LogP contribution in [0, 0.1) is 5.92 Å². The van der Waals surface area contributed by atoms with E-state index in [2.05, 4.69) is 0 Å². The molecule has 2 aliphatic heterocycles. The lowest BCUT2D eigenvalue weighted by Gasteiger charge is -2.32. The summed E-state index contributed by atoms with van der Waals surface area (Å²) >= 11 is 0. The van der Waals surface area contributed by atoms with Gasteiger partial charge in [-0.2, -0.15) is 12.7 Å². The van der Waals surface area contributed by atoms with E-state index in [1.165, 1.54) is 4.31 Å². The lowest BCUT2D eigenvalue weighted by molar-refractivity contribution is -0.132. The molecule has 0 aliphatic carbocycles. The molecule has 7 heteroatoms. The Morgan fingerprint density at radius 1 is 1.29 bits per heavy atom. The average molecular weight is 262 g/mol. The number of amides is 1. The highest BCUT2D eigenvalue weighted by molar-refractivity contribution is 7.87. The zero-order chi connectivity index (χ0) is 12.6. The SMILES string of the molecule is CC1CCCN(S(=O)(=O)N2CCC(O)C2)C1=O. The van der Waals surface area contributed by atoms with Crippen molar-refractivity contribution in [1.29, 1.82) is 0 Å². The molecular weight excluding hydrogens is 244 g/mol. The Bertz CT molecular complexity index is 409. The molecular formula is C10H18N2O4S. The Labute approximate surface area is 101 Å². The summed E-state index contributed by atoms with van der Waals surface area (Å²) in [5, 5.41) is 9.37. The molecule has 0 bridgehead atoms. The third-order valence-electron chi connectivity index (χ3n) is 3.40. The van der Waals surface area contributed by atoms with Crippen LogP contribution >= 0.6 is 0 Å².